The number of nitrogens with one attached hydrogen (secondary N) is 2. The van der Waals surface area contributed by atoms with Gasteiger partial charge < -0.3 is 10.3 Å². The number of nitrogens with zero attached hydrogens (tertiary/aromatic N) is 6. The summed E-state index contributed by atoms with van der Waals surface area (Å²) in [7, 11) is 0. The number of pyridine rings is 2. The minimum Gasteiger partial charge on any atom is -0.326 e. The van der Waals surface area contributed by atoms with E-state index in [1.54, 1.807) is 12.1 Å². The Balaban J connectivity index is 1.55. The fourth-order valence-electron chi connectivity index (χ4n) is 3.51. The highest BCUT2D eigenvalue weighted by Crippen LogP contribution is 2.35. The molecule has 0 saturated carbocycles. The van der Waals surface area contributed by atoms with Crippen LogP contribution in [0.5, 0.6) is 0 Å². The molecule has 2 N–H and O–H groups in total. The van der Waals surface area contributed by atoms with E-state index in [2.05, 4.69) is 30.6 Å². The molecule has 0 radical (unpaired) electrons. The normalized spacial score (nSPS) is 11.7. The van der Waals surface area contributed by atoms with Crippen molar-refractivity contribution >= 4 is 34.0 Å². The van der Waals surface area contributed by atoms with Crippen molar-refractivity contribution in [1.29, 1.82) is 0 Å². The van der Waals surface area contributed by atoms with E-state index in [9.17, 15) is 22.8 Å². The molecule has 0 fully saturated rings. The van der Waals surface area contributed by atoms with Gasteiger partial charge in [-0.15, -0.1) is 4.80 Å². The van der Waals surface area contributed by atoms with Crippen molar-refractivity contribution in [2.24, 2.45) is 0 Å². The van der Waals surface area contributed by atoms with Gasteiger partial charge in [0, 0.05) is 17.0 Å². The summed E-state index contributed by atoms with van der Waals surface area (Å²) in [5, 5.41) is 14.4. The Morgan fingerprint density at radius 2 is 1.77 bits per heavy atom. The second kappa shape index (κ2) is 8.36. The number of fused-ring (bicyclic) bond motifs is 1. The molecular weight excluding hydrogens is 489 g/mol. The largest absolute Gasteiger partial charge is 0.434 e. The van der Waals surface area contributed by atoms with E-state index in [-0.39, 0.29) is 33.0 Å². The van der Waals surface area contributed by atoms with Gasteiger partial charge >= 0.3 is 6.18 Å². The van der Waals surface area contributed by atoms with E-state index >= 15 is 0 Å². The van der Waals surface area contributed by atoms with Gasteiger partial charge in [0.25, 0.3) is 11.5 Å². The molecule has 176 valence electrons. The molecule has 1 aromatic carbocycles. The van der Waals surface area contributed by atoms with Gasteiger partial charge in [-0.3, -0.25) is 9.59 Å². The third kappa shape index (κ3) is 4.01. The third-order valence-electron chi connectivity index (χ3n) is 4.99. The molecule has 0 saturated heterocycles. The number of carbonyl (C=O) groups is 1. The first-order chi connectivity index (χ1) is 16.7. The fourth-order valence-corrected chi connectivity index (χ4v) is 3.75. The number of halogens is 4. The van der Waals surface area contributed by atoms with E-state index in [0.29, 0.717) is 4.68 Å². The van der Waals surface area contributed by atoms with Crippen LogP contribution in [-0.4, -0.2) is 40.6 Å². The van der Waals surface area contributed by atoms with Crippen molar-refractivity contribution in [1.82, 2.24) is 34.7 Å². The van der Waals surface area contributed by atoms with Crippen molar-refractivity contribution in [2.45, 2.75) is 6.18 Å². The lowest BCUT2D eigenvalue weighted by molar-refractivity contribution is -0.143. The summed E-state index contributed by atoms with van der Waals surface area (Å²) in [6.07, 6.45) is 0.988. The Kier molecular flexibility index (Phi) is 5.32. The Hall–Kier alpha value is -4.52. The Labute approximate surface area is 198 Å². The summed E-state index contributed by atoms with van der Waals surface area (Å²) in [6.45, 7) is 0. The zero-order valence-electron chi connectivity index (χ0n) is 17.3. The third-order valence-corrected chi connectivity index (χ3v) is 5.26. The van der Waals surface area contributed by atoms with Gasteiger partial charge in [0.15, 0.2) is 11.5 Å². The molecule has 10 nitrogen and oxygen atoms in total. The van der Waals surface area contributed by atoms with Crippen LogP contribution in [0.2, 0.25) is 5.02 Å². The number of aromatic nitrogens is 7. The quantitative estimate of drug-likeness (QED) is 0.388. The number of anilines is 1. The second-order valence-electron chi connectivity index (χ2n) is 7.17. The Morgan fingerprint density at radius 1 is 1.06 bits per heavy atom. The molecule has 0 atom stereocenters. The fraction of sp³-hybridized carbons (Fsp3) is 0.0476. The lowest BCUT2D eigenvalue weighted by Crippen LogP contribution is -2.21. The number of aromatic amines is 1. The van der Waals surface area contributed by atoms with E-state index < -0.39 is 28.9 Å². The average Bonchev–Trinajstić information content (AvgIpc) is 3.50. The van der Waals surface area contributed by atoms with E-state index in [0.717, 1.165) is 17.2 Å². The zero-order chi connectivity index (χ0) is 24.7. The monoisotopic (exact) mass is 500 g/mol. The summed E-state index contributed by atoms with van der Waals surface area (Å²) in [4.78, 5) is 32.5. The summed E-state index contributed by atoms with van der Waals surface area (Å²) in [5.74, 6) is -0.913. The van der Waals surface area contributed by atoms with Crippen LogP contribution in [0.25, 0.3) is 22.3 Å². The highest BCUT2D eigenvalue weighted by atomic mass is 35.5. The lowest BCUT2D eigenvalue weighted by atomic mass is 10.1. The summed E-state index contributed by atoms with van der Waals surface area (Å²) in [5.41, 5.74) is -2.52. The van der Waals surface area contributed by atoms with Crippen molar-refractivity contribution in [2.75, 3.05) is 5.32 Å². The molecule has 0 aliphatic rings. The maximum Gasteiger partial charge on any atom is 0.434 e. The number of benzene rings is 1. The minimum absolute atomic E-state index is 0.0475. The topological polar surface area (TPSA) is 123 Å². The number of carbonyl (C=O) groups excluding carboxylic acids is 1. The van der Waals surface area contributed by atoms with Crippen LogP contribution in [0.3, 0.4) is 0 Å². The minimum atomic E-state index is -4.95. The molecule has 5 aromatic rings. The number of rotatable bonds is 4. The number of amides is 1. The van der Waals surface area contributed by atoms with Crippen LogP contribution >= 0.6 is 11.6 Å². The molecule has 0 bridgehead atoms. The summed E-state index contributed by atoms with van der Waals surface area (Å²) >= 11 is 6.17. The first kappa shape index (κ1) is 22.3. The van der Waals surface area contributed by atoms with Crippen LogP contribution in [0.4, 0.5) is 18.9 Å². The first-order valence-electron chi connectivity index (χ1n) is 9.83. The molecule has 0 aliphatic carbocycles. The van der Waals surface area contributed by atoms with Crippen LogP contribution in [0.15, 0.2) is 66.1 Å². The average molecular weight is 501 g/mol. The van der Waals surface area contributed by atoms with E-state index in [4.69, 9.17) is 11.6 Å². The van der Waals surface area contributed by atoms with Crippen molar-refractivity contribution < 1.29 is 18.0 Å². The van der Waals surface area contributed by atoms with Crippen LogP contribution in [0.1, 0.15) is 16.1 Å². The van der Waals surface area contributed by atoms with Gasteiger partial charge in [-0.1, -0.05) is 29.8 Å². The van der Waals surface area contributed by atoms with Gasteiger partial charge in [0.05, 0.1) is 46.7 Å². The maximum absolute atomic E-state index is 14.1. The van der Waals surface area contributed by atoms with Crippen molar-refractivity contribution in [3.05, 3.63) is 87.9 Å². The molecule has 14 heteroatoms. The van der Waals surface area contributed by atoms with Gasteiger partial charge in [-0.2, -0.15) is 28.5 Å². The lowest BCUT2D eigenvalue weighted by Gasteiger charge is -2.14. The van der Waals surface area contributed by atoms with Crippen LogP contribution < -0.4 is 10.9 Å². The standard InChI is InChI=1S/C21H12ClF3N8O2/c22-15-7-11(8-26-18(15)33-28-5-6-29-33)31-20(35)14-9-30-32(17(14)21(23,24)25)16-10-27-19(34)13-4-2-1-3-12(13)16/h1-10H,(H,27,34)(H,31,35). The highest BCUT2D eigenvalue weighted by Gasteiger charge is 2.41. The first-order valence-corrected chi connectivity index (χ1v) is 10.2. The van der Waals surface area contributed by atoms with Crippen molar-refractivity contribution in [3.8, 4) is 11.5 Å². The van der Waals surface area contributed by atoms with Crippen LogP contribution in [0, 0.1) is 0 Å². The summed E-state index contributed by atoms with van der Waals surface area (Å²) < 4.78 is 42.9. The van der Waals surface area contributed by atoms with E-state index in [1.807, 2.05) is 0 Å². The molecule has 0 spiro atoms. The van der Waals surface area contributed by atoms with Crippen molar-refractivity contribution in [3.63, 3.8) is 0 Å². The number of hydrogen-bond acceptors (Lipinski definition) is 6. The molecule has 5 rings (SSSR count). The Bertz CT molecular complexity index is 1630. The number of hydrogen-bond donors (Lipinski definition) is 2. The maximum atomic E-state index is 14.1. The molecular formula is C21H12ClF3N8O2. The predicted octanol–water partition coefficient (Wildman–Crippen LogP) is 3.61. The van der Waals surface area contributed by atoms with Gasteiger partial charge in [0.1, 0.15) is 0 Å². The number of H-pyrrole nitrogens is 1. The van der Waals surface area contributed by atoms with Gasteiger partial charge in [-0.25, -0.2) is 9.67 Å². The van der Waals surface area contributed by atoms with Gasteiger partial charge in [0.2, 0.25) is 0 Å². The molecule has 0 unspecified atom stereocenters. The SMILES string of the molecule is O=C(Nc1cnc(-n2nccn2)c(Cl)c1)c1cnn(-c2c[nH]c(=O)c3ccccc23)c1C(F)(F)F. The molecule has 0 aliphatic heterocycles. The second-order valence-corrected chi connectivity index (χ2v) is 7.57. The molecule has 4 aromatic heterocycles. The molecule has 35 heavy (non-hydrogen) atoms. The number of alkyl halides is 3. The van der Waals surface area contributed by atoms with E-state index in [1.165, 1.54) is 36.8 Å². The molecule has 1 amide bonds. The highest BCUT2D eigenvalue weighted by molar-refractivity contribution is 6.32. The Morgan fingerprint density at radius 3 is 2.46 bits per heavy atom. The molecule has 4 heterocycles. The smallest absolute Gasteiger partial charge is 0.326 e. The summed E-state index contributed by atoms with van der Waals surface area (Å²) in [6, 6.07) is 7.43. The van der Waals surface area contributed by atoms with Crippen LogP contribution in [-0.2, 0) is 6.18 Å². The zero-order valence-corrected chi connectivity index (χ0v) is 18.0. The predicted molar refractivity (Wildman–Crippen MR) is 119 cm³/mol. The van der Waals surface area contributed by atoms with Gasteiger partial charge in [-0.05, 0) is 12.1 Å².